The van der Waals surface area contributed by atoms with Crippen LogP contribution in [0.2, 0.25) is 0 Å². The van der Waals surface area contributed by atoms with Crippen LogP contribution in [0.1, 0.15) is 45.7 Å². The van der Waals surface area contributed by atoms with Gasteiger partial charge in [-0.3, -0.25) is 4.79 Å². The Bertz CT molecular complexity index is 939. The zero-order chi connectivity index (χ0) is 16.7. The highest BCUT2D eigenvalue weighted by molar-refractivity contribution is 6.08. The molecule has 0 bridgehead atoms. The summed E-state index contributed by atoms with van der Waals surface area (Å²) in [5, 5.41) is 3.03. The predicted octanol–water partition coefficient (Wildman–Crippen LogP) is 4.08. The monoisotopic (exact) mass is 319 g/mol. The number of nitrogens with zero attached hydrogens (tertiary/aromatic N) is 2. The number of carbonyl (C=O) groups excluding carboxylic acids is 1. The maximum absolute atomic E-state index is 12.7. The quantitative estimate of drug-likeness (QED) is 0.773. The molecular weight excluding hydrogens is 298 g/mol. The highest BCUT2D eigenvalue weighted by atomic mass is 16.1. The normalized spacial score (nSPS) is 13.8. The standard InChI is InChI=1S/C20H21N3O/c1-13-11-14(2)23-10-9-18(19(23)21-13)20(24)22-17-8-7-15-5-3-4-6-16(15)12-17/h7-12H,3-6H2,1-2H3,(H,22,24). The molecule has 0 atom stereocenters. The zero-order valence-electron chi connectivity index (χ0n) is 14.1. The predicted molar refractivity (Wildman–Crippen MR) is 95.7 cm³/mol. The molecular formula is C20H21N3O. The molecule has 0 fully saturated rings. The summed E-state index contributed by atoms with van der Waals surface area (Å²) in [6, 6.07) is 10.1. The highest BCUT2D eigenvalue weighted by Crippen LogP contribution is 2.25. The molecule has 4 nitrogen and oxygen atoms in total. The molecule has 122 valence electrons. The summed E-state index contributed by atoms with van der Waals surface area (Å²) in [5.74, 6) is -0.106. The van der Waals surface area contributed by atoms with Crippen molar-refractivity contribution < 1.29 is 4.79 Å². The Balaban J connectivity index is 1.65. The molecule has 1 aliphatic rings. The molecule has 2 aromatic heterocycles. The molecule has 1 aliphatic carbocycles. The third kappa shape index (κ3) is 2.58. The zero-order valence-corrected chi connectivity index (χ0v) is 14.1. The first-order chi connectivity index (χ1) is 11.6. The molecule has 2 heterocycles. The molecule has 24 heavy (non-hydrogen) atoms. The maximum atomic E-state index is 12.7. The van der Waals surface area contributed by atoms with Crippen molar-refractivity contribution in [1.82, 2.24) is 9.38 Å². The van der Waals surface area contributed by atoms with E-state index >= 15 is 0 Å². The first-order valence-corrected chi connectivity index (χ1v) is 8.50. The van der Waals surface area contributed by atoms with E-state index in [0.717, 1.165) is 29.9 Å². The first-order valence-electron chi connectivity index (χ1n) is 8.50. The Morgan fingerprint density at radius 2 is 1.88 bits per heavy atom. The van der Waals surface area contributed by atoms with E-state index in [-0.39, 0.29) is 5.91 Å². The third-order valence-corrected chi connectivity index (χ3v) is 4.79. The number of carbonyl (C=O) groups is 1. The minimum Gasteiger partial charge on any atom is -0.322 e. The number of aromatic nitrogens is 2. The van der Waals surface area contributed by atoms with Crippen molar-refractivity contribution in [2.24, 2.45) is 0 Å². The van der Waals surface area contributed by atoms with Crippen LogP contribution >= 0.6 is 0 Å². The van der Waals surface area contributed by atoms with E-state index in [1.807, 2.05) is 42.6 Å². The molecule has 1 N–H and O–H groups in total. The fourth-order valence-corrected chi connectivity index (χ4v) is 3.58. The van der Waals surface area contributed by atoms with E-state index < -0.39 is 0 Å². The fourth-order valence-electron chi connectivity index (χ4n) is 3.58. The van der Waals surface area contributed by atoms with Gasteiger partial charge in [-0.1, -0.05) is 6.07 Å². The van der Waals surface area contributed by atoms with E-state index in [1.165, 1.54) is 24.0 Å². The molecule has 0 aliphatic heterocycles. The van der Waals surface area contributed by atoms with E-state index in [0.29, 0.717) is 11.2 Å². The second-order valence-electron chi connectivity index (χ2n) is 6.61. The molecule has 0 spiro atoms. The average Bonchev–Trinajstić information content (AvgIpc) is 2.99. The number of aryl methyl sites for hydroxylation is 4. The Kier molecular flexibility index (Phi) is 3.60. The van der Waals surface area contributed by atoms with Gasteiger partial charge in [0.25, 0.3) is 5.91 Å². The lowest BCUT2D eigenvalue weighted by molar-refractivity contribution is 0.102. The number of fused-ring (bicyclic) bond motifs is 2. The van der Waals surface area contributed by atoms with Gasteiger partial charge in [-0.25, -0.2) is 4.98 Å². The second-order valence-corrected chi connectivity index (χ2v) is 6.61. The Labute approximate surface area is 141 Å². The van der Waals surface area contributed by atoms with E-state index in [9.17, 15) is 4.79 Å². The van der Waals surface area contributed by atoms with Crippen molar-refractivity contribution in [3.8, 4) is 0 Å². The third-order valence-electron chi connectivity index (χ3n) is 4.79. The van der Waals surface area contributed by atoms with Gasteiger partial charge in [0.1, 0.15) is 5.65 Å². The number of hydrogen-bond acceptors (Lipinski definition) is 2. The van der Waals surface area contributed by atoms with Crippen molar-refractivity contribution in [1.29, 1.82) is 0 Å². The minimum atomic E-state index is -0.106. The Hall–Kier alpha value is -2.62. The summed E-state index contributed by atoms with van der Waals surface area (Å²) in [5.41, 5.74) is 6.96. The number of anilines is 1. The molecule has 4 rings (SSSR count). The van der Waals surface area contributed by atoms with Crippen molar-refractivity contribution in [2.75, 3.05) is 5.32 Å². The summed E-state index contributed by atoms with van der Waals surface area (Å²) in [6.45, 7) is 3.97. The van der Waals surface area contributed by atoms with E-state index in [1.54, 1.807) is 0 Å². The number of amides is 1. The van der Waals surface area contributed by atoms with Crippen molar-refractivity contribution in [3.63, 3.8) is 0 Å². The van der Waals surface area contributed by atoms with Crippen LogP contribution in [0.25, 0.3) is 5.65 Å². The topological polar surface area (TPSA) is 46.4 Å². The van der Waals surface area contributed by atoms with Crippen LogP contribution in [-0.2, 0) is 12.8 Å². The number of hydrogen-bond donors (Lipinski definition) is 1. The van der Waals surface area contributed by atoms with Gasteiger partial charge in [-0.15, -0.1) is 0 Å². The van der Waals surface area contributed by atoms with Crippen LogP contribution in [0, 0.1) is 13.8 Å². The molecule has 0 radical (unpaired) electrons. The molecule has 0 saturated heterocycles. The lowest BCUT2D eigenvalue weighted by Crippen LogP contribution is -2.13. The highest BCUT2D eigenvalue weighted by Gasteiger charge is 2.15. The SMILES string of the molecule is Cc1cc(C)n2ccc(C(=O)Nc3ccc4c(c3)CCCC4)c2n1. The summed E-state index contributed by atoms with van der Waals surface area (Å²) in [6.07, 6.45) is 6.65. The van der Waals surface area contributed by atoms with Crippen LogP contribution in [0.4, 0.5) is 5.69 Å². The van der Waals surface area contributed by atoms with Gasteiger partial charge >= 0.3 is 0 Å². The van der Waals surface area contributed by atoms with Gasteiger partial charge in [-0.2, -0.15) is 0 Å². The number of nitrogens with one attached hydrogen (secondary N) is 1. The lowest BCUT2D eigenvalue weighted by atomic mass is 9.91. The molecule has 1 aromatic carbocycles. The van der Waals surface area contributed by atoms with Crippen LogP contribution in [-0.4, -0.2) is 15.3 Å². The minimum absolute atomic E-state index is 0.106. The largest absolute Gasteiger partial charge is 0.322 e. The van der Waals surface area contributed by atoms with Crippen LogP contribution in [0.3, 0.4) is 0 Å². The van der Waals surface area contributed by atoms with Crippen molar-refractivity contribution >= 4 is 17.2 Å². The summed E-state index contributed by atoms with van der Waals surface area (Å²) in [7, 11) is 0. The maximum Gasteiger partial charge on any atom is 0.259 e. The molecule has 0 saturated carbocycles. The Morgan fingerprint density at radius 1 is 1.08 bits per heavy atom. The first kappa shape index (κ1) is 14.9. The van der Waals surface area contributed by atoms with Gasteiger partial charge in [0.05, 0.1) is 5.56 Å². The van der Waals surface area contributed by atoms with Gasteiger partial charge in [0.2, 0.25) is 0 Å². The Morgan fingerprint density at radius 3 is 2.71 bits per heavy atom. The second kappa shape index (κ2) is 5.78. The van der Waals surface area contributed by atoms with Gasteiger partial charge in [0.15, 0.2) is 0 Å². The van der Waals surface area contributed by atoms with Crippen LogP contribution < -0.4 is 5.32 Å². The van der Waals surface area contributed by atoms with Crippen molar-refractivity contribution in [3.05, 3.63) is 64.6 Å². The lowest BCUT2D eigenvalue weighted by Gasteiger charge is -2.16. The van der Waals surface area contributed by atoms with Crippen molar-refractivity contribution in [2.45, 2.75) is 39.5 Å². The smallest absolute Gasteiger partial charge is 0.259 e. The van der Waals surface area contributed by atoms with Gasteiger partial charge in [-0.05, 0) is 74.9 Å². The van der Waals surface area contributed by atoms with E-state index in [2.05, 4.69) is 22.4 Å². The average molecular weight is 319 g/mol. The van der Waals surface area contributed by atoms with Crippen LogP contribution in [0.5, 0.6) is 0 Å². The molecule has 1 amide bonds. The van der Waals surface area contributed by atoms with E-state index in [4.69, 9.17) is 0 Å². The van der Waals surface area contributed by atoms with Gasteiger partial charge in [0, 0.05) is 23.3 Å². The molecule has 4 heteroatoms. The number of rotatable bonds is 2. The fraction of sp³-hybridized carbons (Fsp3) is 0.300. The molecule has 3 aromatic rings. The summed E-state index contributed by atoms with van der Waals surface area (Å²) < 4.78 is 1.95. The van der Waals surface area contributed by atoms with Gasteiger partial charge < -0.3 is 9.72 Å². The summed E-state index contributed by atoms with van der Waals surface area (Å²) >= 11 is 0. The summed E-state index contributed by atoms with van der Waals surface area (Å²) in [4.78, 5) is 17.2. The molecule has 0 unspecified atom stereocenters. The number of benzene rings is 1. The van der Waals surface area contributed by atoms with Crippen LogP contribution in [0.15, 0.2) is 36.5 Å².